The number of rotatable bonds is 7. The van der Waals surface area contributed by atoms with Crippen molar-refractivity contribution in [2.45, 2.75) is 51.9 Å². The Bertz CT molecular complexity index is 594. The van der Waals surface area contributed by atoms with Gasteiger partial charge in [0.2, 0.25) is 0 Å². The minimum Gasteiger partial charge on any atom is -0.494 e. The van der Waals surface area contributed by atoms with Crippen LogP contribution in [0.4, 0.5) is 0 Å². The van der Waals surface area contributed by atoms with Gasteiger partial charge in [0.05, 0.1) is 6.61 Å². The lowest BCUT2D eigenvalue weighted by Crippen LogP contribution is -2.03. The second-order valence-electron chi connectivity index (χ2n) is 6.78. The number of hydrogen-bond acceptors (Lipinski definition) is 1. The molecule has 0 N–H and O–H groups in total. The van der Waals surface area contributed by atoms with E-state index in [-0.39, 0.29) is 0 Å². The van der Waals surface area contributed by atoms with E-state index >= 15 is 0 Å². The van der Waals surface area contributed by atoms with Crippen molar-refractivity contribution in [3.8, 4) is 5.75 Å². The van der Waals surface area contributed by atoms with Crippen molar-refractivity contribution in [3.05, 3.63) is 65.2 Å². The molecule has 0 aliphatic heterocycles. The maximum absolute atomic E-state index is 5.91. The highest BCUT2D eigenvalue weighted by atomic mass is 16.5. The van der Waals surface area contributed by atoms with Gasteiger partial charge in [0.25, 0.3) is 0 Å². The first-order chi connectivity index (χ1) is 11.3. The first kappa shape index (κ1) is 16.1. The number of aryl methyl sites for hydroxylation is 1. The highest BCUT2D eigenvalue weighted by Gasteiger charge is 2.14. The fourth-order valence-corrected chi connectivity index (χ4v) is 3.54. The summed E-state index contributed by atoms with van der Waals surface area (Å²) in [5.41, 5.74) is 4.15. The molecule has 1 aliphatic carbocycles. The fourth-order valence-electron chi connectivity index (χ4n) is 3.54. The molecule has 0 heterocycles. The van der Waals surface area contributed by atoms with Gasteiger partial charge in [0.15, 0.2) is 0 Å². The van der Waals surface area contributed by atoms with Gasteiger partial charge < -0.3 is 4.74 Å². The first-order valence-electron chi connectivity index (χ1n) is 9.13. The van der Waals surface area contributed by atoms with Crippen LogP contribution in [-0.4, -0.2) is 6.61 Å². The van der Waals surface area contributed by atoms with E-state index in [1.165, 1.54) is 48.8 Å². The van der Waals surface area contributed by atoms with Crippen molar-refractivity contribution in [3.63, 3.8) is 0 Å². The molecule has 3 rings (SSSR count). The Kier molecular flexibility index (Phi) is 5.74. The molecule has 1 fully saturated rings. The summed E-state index contributed by atoms with van der Waals surface area (Å²) in [6.45, 7) is 3.07. The Morgan fingerprint density at radius 2 is 1.65 bits per heavy atom. The van der Waals surface area contributed by atoms with E-state index in [9.17, 15) is 0 Å². The summed E-state index contributed by atoms with van der Waals surface area (Å²) in [7, 11) is 0. The first-order valence-corrected chi connectivity index (χ1v) is 9.13. The molecular weight excluding hydrogens is 280 g/mol. The summed E-state index contributed by atoms with van der Waals surface area (Å²) in [5, 5.41) is 0. The Balaban J connectivity index is 1.50. The van der Waals surface area contributed by atoms with Crippen molar-refractivity contribution in [2.75, 3.05) is 6.61 Å². The van der Waals surface area contributed by atoms with Crippen molar-refractivity contribution in [1.29, 1.82) is 0 Å². The Hall–Kier alpha value is -1.76. The molecule has 1 saturated carbocycles. The lowest BCUT2D eigenvalue weighted by molar-refractivity contribution is 0.279. The van der Waals surface area contributed by atoms with Crippen LogP contribution >= 0.6 is 0 Å². The van der Waals surface area contributed by atoms with Crippen LogP contribution in [0.25, 0.3) is 0 Å². The van der Waals surface area contributed by atoms with Gasteiger partial charge >= 0.3 is 0 Å². The number of hydrogen-bond donors (Lipinski definition) is 0. The van der Waals surface area contributed by atoms with E-state index in [2.05, 4.69) is 55.5 Å². The molecule has 0 spiro atoms. The molecule has 1 heteroatoms. The summed E-state index contributed by atoms with van der Waals surface area (Å²) in [5.74, 6) is 1.91. The Morgan fingerprint density at radius 1 is 0.913 bits per heavy atom. The maximum atomic E-state index is 5.91. The molecule has 0 unspecified atom stereocenters. The molecule has 0 bridgehead atoms. The summed E-state index contributed by atoms with van der Waals surface area (Å²) in [4.78, 5) is 0. The monoisotopic (exact) mass is 308 g/mol. The van der Waals surface area contributed by atoms with E-state index in [0.717, 1.165) is 31.1 Å². The lowest BCUT2D eigenvalue weighted by atomic mass is 10.0. The van der Waals surface area contributed by atoms with Gasteiger partial charge in [0, 0.05) is 0 Å². The van der Waals surface area contributed by atoms with Gasteiger partial charge in [-0.15, -0.1) is 0 Å². The maximum Gasteiger partial charge on any atom is 0.119 e. The van der Waals surface area contributed by atoms with Gasteiger partial charge in [-0.2, -0.15) is 0 Å². The van der Waals surface area contributed by atoms with Crippen LogP contribution in [0, 0.1) is 5.92 Å². The predicted molar refractivity (Wildman–Crippen MR) is 97.1 cm³/mol. The third kappa shape index (κ3) is 4.86. The van der Waals surface area contributed by atoms with Gasteiger partial charge in [-0.3, -0.25) is 0 Å². The molecule has 0 saturated heterocycles. The number of benzene rings is 2. The molecule has 1 aliphatic rings. The molecule has 1 nitrogen and oxygen atoms in total. The quantitative estimate of drug-likeness (QED) is 0.628. The zero-order valence-electron chi connectivity index (χ0n) is 14.3. The van der Waals surface area contributed by atoms with Gasteiger partial charge in [-0.05, 0) is 54.0 Å². The smallest absolute Gasteiger partial charge is 0.119 e. The van der Waals surface area contributed by atoms with E-state index in [0.29, 0.717) is 0 Å². The highest BCUT2D eigenvalue weighted by molar-refractivity contribution is 5.33. The summed E-state index contributed by atoms with van der Waals surface area (Å²) in [6.07, 6.45) is 8.94. The van der Waals surface area contributed by atoms with Crippen LogP contribution in [0.2, 0.25) is 0 Å². The average molecular weight is 308 g/mol. The van der Waals surface area contributed by atoms with E-state index in [1.807, 2.05) is 0 Å². The minimum atomic E-state index is 0.864. The van der Waals surface area contributed by atoms with Crippen LogP contribution in [0.5, 0.6) is 5.75 Å². The second-order valence-corrected chi connectivity index (χ2v) is 6.78. The molecule has 0 atom stereocenters. The summed E-state index contributed by atoms with van der Waals surface area (Å²) in [6, 6.07) is 17.5. The normalized spacial score (nSPS) is 15.0. The second kappa shape index (κ2) is 8.19. The van der Waals surface area contributed by atoms with Gasteiger partial charge in [-0.1, -0.05) is 69.0 Å². The molecule has 0 radical (unpaired) electrons. The Morgan fingerprint density at radius 3 is 2.39 bits per heavy atom. The van der Waals surface area contributed by atoms with Crippen molar-refractivity contribution in [2.24, 2.45) is 5.92 Å². The average Bonchev–Trinajstić information content (AvgIpc) is 3.10. The lowest BCUT2D eigenvalue weighted by Gasteiger charge is -2.11. The summed E-state index contributed by atoms with van der Waals surface area (Å²) < 4.78 is 5.91. The van der Waals surface area contributed by atoms with Crippen LogP contribution < -0.4 is 4.74 Å². The van der Waals surface area contributed by atoms with E-state index in [1.54, 1.807) is 0 Å². The van der Waals surface area contributed by atoms with Gasteiger partial charge in [0.1, 0.15) is 5.75 Å². The van der Waals surface area contributed by atoms with Crippen LogP contribution in [0.15, 0.2) is 48.5 Å². The molecule has 2 aromatic carbocycles. The molecule has 23 heavy (non-hydrogen) atoms. The van der Waals surface area contributed by atoms with Crippen LogP contribution in [-0.2, 0) is 12.8 Å². The summed E-state index contributed by atoms with van der Waals surface area (Å²) >= 11 is 0. The van der Waals surface area contributed by atoms with Crippen molar-refractivity contribution in [1.82, 2.24) is 0 Å². The third-order valence-corrected chi connectivity index (χ3v) is 5.00. The van der Waals surface area contributed by atoms with E-state index in [4.69, 9.17) is 4.74 Å². The van der Waals surface area contributed by atoms with Crippen molar-refractivity contribution < 1.29 is 4.74 Å². The van der Waals surface area contributed by atoms with Crippen LogP contribution in [0.3, 0.4) is 0 Å². The number of ether oxygens (including phenoxy) is 1. The van der Waals surface area contributed by atoms with E-state index < -0.39 is 0 Å². The third-order valence-electron chi connectivity index (χ3n) is 5.00. The topological polar surface area (TPSA) is 9.23 Å². The largest absolute Gasteiger partial charge is 0.494 e. The molecule has 0 aromatic heterocycles. The van der Waals surface area contributed by atoms with Crippen molar-refractivity contribution >= 4 is 0 Å². The molecular formula is C22H28O. The zero-order chi connectivity index (χ0) is 15.9. The fraction of sp³-hybridized carbons (Fsp3) is 0.455. The predicted octanol–water partition coefficient (Wildman–Crippen LogP) is 5.80. The SMILES string of the molecule is CCc1cccc(Cc2ccc(OCCC3CCCC3)cc2)c1. The molecule has 122 valence electrons. The standard InChI is InChI=1S/C22H28O/c1-2-18-8-5-9-21(16-18)17-20-10-12-22(13-11-20)23-15-14-19-6-3-4-7-19/h5,8-13,16,19H,2-4,6-7,14-15,17H2,1H3. The Labute approximate surface area is 140 Å². The molecule has 0 amide bonds. The highest BCUT2D eigenvalue weighted by Crippen LogP contribution is 2.27. The van der Waals surface area contributed by atoms with Crippen LogP contribution in [0.1, 0.15) is 55.7 Å². The van der Waals surface area contributed by atoms with Gasteiger partial charge in [-0.25, -0.2) is 0 Å². The minimum absolute atomic E-state index is 0.864. The molecule has 2 aromatic rings. The zero-order valence-corrected chi connectivity index (χ0v) is 14.3.